The zero-order chi connectivity index (χ0) is 19.6. The standard InChI is InChI=1S/C17H13Cl2N5O3/c1-2-22(12-8-6-11(10-25)7-9-12)16(26)24-17(27)23(20-21-24)15-13(18)4-3-5-14(15)19/h3-10H,2H2,1H3. The molecule has 0 N–H and O–H groups in total. The van der Waals surface area contributed by atoms with Crippen molar-refractivity contribution in [3.63, 3.8) is 0 Å². The van der Waals surface area contributed by atoms with Gasteiger partial charge in [-0.05, 0) is 53.7 Å². The van der Waals surface area contributed by atoms with Gasteiger partial charge in [0.15, 0.2) is 0 Å². The fourth-order valence-electron chi connectivity index (χ4n) is 2.47. The Balaban J connectivity index is 2.01. The molecule has 0 saturated heterocycles. The Bertz CT molecular complexity index is 1040. The molecule has 0 unspecified atom stereocenters. The smallest absolute Gasteiger partial charge is 0.298 e. The van der Waals surface area contributed by atoms with E-state index in [4.69, 9.17) is 23.2 Å². The van der Waals surface area contributed by atoms with E-state index < -0.39 is 11.7 Å². The van der Waals surface area contributed by atoms with Crippen molar-refractivity contribution in [1.29, 1.82) is 0 Å². The van der Waals surface area contributed by atoms with Crippen molar-refractivity contribution in [2.75, 3.05) is 11.4 Å². The summed E-state index contributed by atoms with van der Waals surface area (Å²) in [4.78, 5) is 37.6. The molecular weight excluding hydrogens is 393 g/mol. The first-order chi connectivity index (χ1) is 13.0. The maximum Gasteiger partial charge on any atom is 0.377 e. The van der Waals surface area contributed by atoms with E-state index in [1.54, 1.807) is 49.4 Å². The van der Waals surface area contributed by atoms with Crippen LogP contribution >= 0.6 is 23.2 Å². The molecule has 0 aliphatic rings. The fraction of sp³-hybridized carbons (Fsp3) is 0.118. The zero-order valence-electron chi connectivity index (χ0n) is 14.0. The van der Waals surface area contributed by atoms with Gasteiger partial charge in [0, 0.05) is 17.8 Å². The summed E-state index contributed by atoms with van der Waals surface area (Å²) in [6.07, 6.45) is 0.700. The minimum atomic E-state index is -0.807. The first-order valence-corrected chi connectivity index (χ1v) is 8.60. The minimum Gasteiger partial charge on any atom is -0.298 e. The van der Waals surface area contributed by atoms with Gasteiger partial charge in [-0.15, -0.1) is 4.68 Å². The molecule has 0 saturated carbocycles. The van der Waals surface area contributed by atoms with Crippen molar-refractivity contribution in [2.24, 2.45) is 0 Å². The summed E-state index contributed by atoms with van der Waals surface area (Å²) in [5, 5.41) is 7.77. The highest BCUT2D eigenvalue weighted by molar-refractivity contribution is 6.37. The largest absolute Gasteiger partial charge is 0.377 e. The van der Waals surface area contributed by atoms with Crippen LogP contribution in [0.5, 0.6) is 0 Å². The second-order valence-electron chi connectivity index (χ2n) is 5.39. The second kappa shape index (κ2) is 7.73. The van der Waals surface area contributed by atoms with Crippen molar-refractivity contribution in [2.45, 2.75) is 6.92 Å². The summed E-state index contributed by atoms with van der Waals surface area (Å²) in [5.41, 5.74) is 0.310. The molecule has 1 heterocycles. The Morgan fingerprint density at radius 2 is 1.74 bits per heavy atom. The third-order valence-corrected chi connectivity index (χ3v) is 4.41. The lowest BCUT2D eigenvalue weighted by Crippen LogP contribution is -2.41. The fourth-order valence-corrected chi connectivity index (χ4v) is 3.03. The summed E-state index contributed by atoms with van der Waals surface area (Å²) in [7, 11) is 0. The van der Waals surface area contributed by atoms with Gasteiger partial charge in [0.2, 0.25) is 0 Å². The lowest BCUT2D eigenvalue weighted by Gasteiger charge is -2.19. The maximum atomic E-state index is 12.8. The van der Waals surface area contributed by atoms with Gasteiger partial charge in [-0.2, -0.15) is 4.68 Å². The number of hydrogen-bond acceptors (Lipinski definition) is 5. The van der Waals surface area contributed by atoms with E-state index >= 15 is 0 Å². The predicted molar refractivity (Wildman–Crippen MR) is 101 cm³/mol. The van der Waals surface area contributed by atoms with Crippen LogP contribution in [0.4, 0.5) is 10.5 Å². The van der Waals surface area contributed by atoms with Crippen molar-refractivity contribution < 1.29 is 9.59 Å². The van der Waals surface area contributed by atoms with E-state index in [2.05, 4.69) is 10.4 Å². The first kappa shape index (κ1) is 18.8. The number of hydrogen-bond donors (Lipinski definition) is 0. The zero-order valence-corrected chi connectivity index (χ0v) is 15.6. The molecule has 10 heteroatoms. The molecule has 1 aromatic heterocycles. The van der Waals surface area contributed by atoms with Crippen molar-refractivity contribution in [3.05, 3.63) is 68.6 Å². The molecule has 0 aliphatic carbocycles. The number of aromatic nitrogens is 4. The first-order valence-electron chi connectivity index (χ1n) is 7.84. The van der Waals surface area contributed by atoms with E-state index in [1.807, 2.05) is 0 Å². The number of aldehydes is 1. The van der Waals surface area contributed by atoms with Crippen molar-refractivity contribution in [1.82, 2.24) is 19.8 Å². The highest BCUT2D eigenvalue weighted by atomic mass is 35.5. The third-order valence-electron chi connectivity index (χ3n) is 3.80. The van der Waals surface area contributed by atoms with E-state index in [-0.39, 0.29) is 22.3 Å². The quantitative estimate of drug-likeness (QED) is 0.491. The van der Waals surface area contributed by atoms with Crippen LogP contribution in [0, 0.1) is 0 Å². The molecule has 3 rings (SSSR count). The number of rotatable bonds is 4. The molecular formula is C17H13Cl2N5O3. The van der Waals surface area contributed by atoms with Crippen LogP contribution in [0.1, 0.15) is 17.3 Å². The molecule has 3 aromatic rings. The van der Waals surface area contributed by atoms with Crippen LogP contribution in [0.3, 0.4) is 0 Å². The number of benzene rings is 2. The highest BCUT2D eigenvalue weighted by Gasteiger charge is 2.23. The maximum absolute atomic E-state index is 12.8. The number of para-hydroxylation sites is 1. The SMILES string of the molecule is CCN(C(=O)n1nnn(-c2c(Cl)cccc2Cl)c1=O)c1ccc(C=O)cc1. The van der Waals surface area contributed by atoms with E-state index in [0.717, 1.165) is 4.68 Å². The van der Waals surface area contributed by atoms with Crippen LogP contribution in [-0.2, 0) is 0 Å². The average Bonchev–Trinajstić information content (AvgIpc) is 3.04. The van der Waals surface area contributed by atoms with E-state index in [1.165, 1.54) is 4.90 Å². The van der Waals surface area contributed by atoms with Crippen molar-refractivity contribution in [3.8, 4) is 5.69 Å². The topological polar surface area (TPSA) is 90.1 Å². The summed E-state index contributed by atoms with van der Waals surface area (Å²) in [5.74, 6) is 0. The summed E-state index contributed by atoms with van der Waals surface area (Å²) < 4.78 is 1.49. The molecule has 0 bridgehead atoms. The summed E-state index contributed by atoms with van der Waals surface area (Å²) >= 11 is 12.2. The summed E-state index contributed by atoms with van der Waals surface area (Å²) in [6, 6.07) is 10.4. The van der Waals surface area contributed by atoms with E-state index in [0.29, 0.717) is 22.2 Å². The van der Waals surface area contributed by atoms with Gasteiger partial charge in [0.1, 0.15) is 12.0 Å². The number of carbonyl (C=O) groups excluding carboxylic acids is 2. The Hall–Kier alpha value is -2.97. The van der Waals surface area contributed by atoms with Crippen LogP contribution in [0.2, 0.25) is 10.0 Å². The van der Waals surface area contributed by atoms with Crippen LogP contribution in [0.25, 0.3) is 5.69 Å². The normalized spacial score (nSPS) is 10.6. The van der Waals surface area contributed by atoms with Gasteiger partial charge in [0.05, 0.1) is 10.0 Å². The van der Waals surface area contributed by atoms with Gasteiger partial charge < -0.3 is 0 Å². The van der Waals surface area contributed by atoms with Crippen LogP contribution in [-0.4, -0.2) is 38.7 Å². The van der Waals surface area contributed by atoms with Gasteiger partial charge >= 0.3 is 11.7 Å². The third kappa shape index (κ3) is 3.49. The van der Waals surface area contributed by atoms with Crippen LogP contribution < -0.4 is 10.6 Å². The number of halogens is 2. The number of tetrazole rings is 1. The highest BCUT2D eigenvalue weighted by Crippen LogP contribution is 2.26. The Kier molecular flexibility index (Phi) is 5.38. The van der Waals surface area contributed by atoms with Gasteiger partial charge in [-0.25, -0.2) is 9.59 Å². The Morgan fingerprint density at radius 3 is 2.30 bits per heavy atom. The Labute approximate surface area is 163 Å². The van der Waals surface area contributed by atoms with Gasteiger partial charge in [0.25, 0.3) is 0 Å². The van der Waals surface area contributed by atoms with Crippen molar-refractivity contribution >= 4 is 41.2 Å². The molecule has 0 fully saturated rings. The molecule has 1 amide bonds. The molecule has 8 nitrogen and oxygen atoms in total. The molecule has 2 aromatic carbocycles. The number of nitrogens with zero attached hydrogens (tertiary/aromatic N) is 5. The average molecular weight is 406 g/mol. The molecule has 0 radical (unpaired) electrons. The van der Waals surface area contributed by atoms with Crippen LogP contribution in [0.15, 0.2) is 47.3 Å². The van der Waals surface area contributed by atoms with Gasteiger partial charge in [-0.1, -0.05) is 29.3 Å². The molecule has 0 aliphatic heterocycles. The summed E-state index contributed by atoms with van der Waals surface area (Å²) in [6.45, 7) is 2.01. The predicted octanol–water partition coefficient (Wildman–Crippen LogP) is 3.04. The minimum absolute atomic E-state index is 0.142. The monoisotopic (exact) mass is 405 g/mol. The van der Waals surface area contributed by atoms with Gasteiger partial charge in [-0.3, -0.25) is 9.69 Å². The lowest BCUT2D eigenvalue weighted by atomic mass is 10.2. The molecule has 27 heavy (non-hydrogen) atoms. The molecule has 138 valence electrons. The number of amides is 1. The molecule has 0 atom stereocenters. The number of carbonyl (C=O) groups is 2. The lowest BCUT2D eigenvalue weighted by molar-refractivity contribution is 0.112. The second-order valence-corrected chi connectivity index (χ2v) is 6.21. The van der Waals surface area contributed by atoms with E-state index in [9.17, 15) is 14.4 Å². The Morgan fingerprint density at radius 1 is 1.11 bits per heavy atom. The molecule has 0 spiro atoms. The number of anilines is 1.